The molecule has 17 heavy (non-hydrogen) atoms. The molecule has 0 bridgehead atoms. The molecule has 1 aliphatic rings. The van der Waals surface area contributed by atoms with E-state index in [0.717, 1.165) is 0 Å². The summed E-state index contributed by atoms with van der Waals surface area (Å²) in [5.74, 6) is 2.65. The molecule has 1 rings (SSSR count). The van der Waals surface area contributed by atoms with Crippen LogP contribution in [0.25, 0.3) is 0 Å². The second kappa shape index (κ2) is 14.9. The Morgan fingerprint density at radius 2 is 0.706 bits per heavy atom. The highest BCUT2D eigenvalue weighted by Crippen LogP contribution is 2.55. The highest BCUT2D eigenvalue weighted by Gasteiger charge is 1.98. The van der Waals surface area contributed by atoms with Crippen LogP contribution in [0.4, 0.5) is 0 Å². The number of rotatable bonds is 0. The van der Waals surface area contributed by atoms with E-state index in [1.807, 2.05) is 70.7 Å². The van der Waals surface area contributed by atoms with E-state index in [0.29, 0.717) is 0 Å². The average molecular weight is 365 g/mol. The van der Waals surface area contributed by atoms with E-state index in [-0.39, 0.29) is 0 Å². The van der Waals surface area contributed by atoms with Crippen molar-refractivity contribution < 1.29 is 0 Å². The van der Waals surface area contributed by atoms with Crippen LogP contribution in [0.1, 0.15) is 51.4 Å². The van der Waals surface area contributed by atoms with E-state index in [2.05, 4.69) is 0 Å². The first-order chi connectivity index (χ1) is 8.50. The minimum atomic E-state index is 1.32. The topological polar surface area (TPSA) is 0 Å². The minimum absolute atomic E-state index is 1.32. The summed E-state index contributed by atoms with van der Waals surface area (Å²) in [6.07, 6.45) is 11.5. The van der Waals surface area contributed by atoms with Crippen molar-refractivity contribution >= 4 is 70.7 Å². The SMILES string of the molecule is C1CCCCCSSSSSSSCCCC1. The van der Waals surface area contributed by atoms with Crippen LogP contribution in [-0.4, -0.2) is 11.5 Å². The quantitative estimate of drug-likeness (QED) is 0.398. The van der Waals surface area contributed by atoms with Crippen molar-refractivity contribution in [3.8, 4) is 0 Å². The van der Waals surface area contributed by atoms with Gasteiger partial charge in [0.15, 0.2) is 0 Å². The van der Waals surface area contributed by atoms with Crippen LogP contribution < -0.4 is 0 Å². The lowest BCUT2D eigenvalue weighted by atomic mass is 10.1. The van der Waals surface area contributed by atoms with Gasteiger partial charge in [-0.05, 0) is 62.0 Å². The van der Waals surface area contributed by atoms with Crippen molar-refractivity contribution in [3.63, 3.8) is 0 Å². The zero-order valence-corrected chi connectivity index (χ0v) is 15.6. The van der Waals surface area contributed by atoms with Crippen LogP contribution in [0.5, 0.6) is 0 Å². The third-order valence-corrected chi connectivity index (χ3v) is 15.7. The van der Waals surface area contributed by atoms with Crippen molar-refractivity contribution in [3.05, 3.63) is 0 Å². The third kappa shape index (κ3) is 13.2. The molecule has 0 atom stereocenters. The minimum Gasteiger partial charge on any atom is -0.0817 e. The molecule has 0 saturated carbocycles. The van der Waals surface area contributed by atoms with Gasteiger partial charge in [-0.2, -0.15) is 0 Å². The summed E-state index contributed by atoms with van der Waals surface area (Å²) in [6, 6.07) is 0. The van der Waals surface area contributed by atoms with Crippen molar-refractivity contribution in [2.45, 2.75) is 51.4 Å². The largest absolute Gasteiger partial charge is 0.0817 e. The van der Waals surface area contributed by atoms with Gasteiger partial charge in [0.1, 0.15) is 0 Å². The molecule has 0 aromatic rings. The fraction of sp³-hybridized carbons (Fsp3) is 1.00. The van der Waals surface area contributed by atoms with Crippen LogP contribution in [0.2, 0.25) is 0 Å². The van der Waals surface area contributed by atoms with Gasteiger partial charge >= 0.3 is 0 Å². The van der Waals surface area contributed by atoms with Crippen molar-refractivity contribution in [2.75, 3.05) is 11.5 Å². The molecular weight excluding hydrogens is 345 g/mol. The Bertz CT molecular complexity index is 86.1. The fourth-order valence-electron chi connectivity index (χ4n) is 1.52. The van der Waals surface area contributed by atoms with Gasteiger partial charge < -0.3 is 0 Å². The maximum Gasteiger partial charge on any atom is 0.00454 e. The molecule has 0 unspecified atom stereocenters. The Hall–Kier alpha value is 2.45. The molecule has 0 aromatic carbocycles. The Balaban J connectivity index is 2.01. The first kappa shape index (κ1) is 17.5. The first-order valence-corrected chi connectivity index (χ1v) is 15.2. The van der Waals surface area contributed by atoms with Crippen LogP contribution in [-0.2, 0) is 0 Å². The van der Waals surface area contributed by atoms with Crippen molar-refractivity contribution in [1.82, 2.24) is 0 Å². The van der Waals surface area contributed by atoms with Gasteiger partial charge in [-0.15, -0.1) is 0 Å². The Labute approximate surface area is 132 Å². The van der Waals surface area contributed by atoms with Crippen LogP contribution in [0.3, 0.4) is 0 Å². The molecular formula is C10H20S7. The van der Waals surface area contributed by atoms with Gasteiger partial charge in [0.25, 0.3) is 0 Å². The van der Waals surface area contributed by atoms with E-state index in [4.69, 9.17) is 0 Å². The predicted octanol–water partition coefficient (Wildman–Crippen LogP) is 7.74. The van der Waals surface area contributed by atoms with Gasteiger partial charge in [0.05, 0.1) is 0 Å². The van der Waals surface area contributed by atoms with Crippen molar-refractivity contribution in [1.29, 1.82) is 0 Å². The second-order valence-electron chi connectivity index (χ2n) is 3.81. The van der Waals surface area contributed by atoms with Gasteiger partial charge in [-0.3, -0.25) is 0 Å². The summed E-state index contributed by atoms with van der Waals surface area (Å²) in [5, 5.41) is 0. The maximum absolute atomic E-state index is 2.02. The highest BCUT2D eigenvalue weighted by atomic mass is 33.9. The molecule has 0 N–H and O–H groups in total. The third-order valence-electron chi connectivity index (χ3n) is 2.41. The zero-order valence-electron chi connectivity index (χ0n) is 9.93. The smallest absolute Gasteiger partial charge is 0.00454 e. The summed E-state index contributed by atoms with van der Waals surface area (Å²) < 4.78 is 0. The summed E-state index contributed by atoms with van der Waals surface area (Å²) in [5.41, 5.74) is 0. The van der Waals surface area contributed by atoms with Crippen LogP contribution >= 0.6 is 70.7 Å². The Morgan fingerprint density at radius 3 is 1.18 bits per heavy atom. The van der Waals surface area contributed by atoms with Crippen molar-refractivity contribution in [2.24, 2.45) is 0 Å². The van der Waals surface area contributed by atoms with Crippen LogP contribution in [0.15, 0.2) is 0 Å². The lowest BCUT2D eigenvalue weighted by molar-refractivity contribution is 0.588. The van der Waals surface area contributed by atoms with Gasteiger partial charge in [0.2, 0.25) is 0 Å². The zero-order chi connectivity index (χ0) is 12.0. The Kier molecular flexibility index (Phi) is 15.3. The second-order valence-corrected chi connectivity index (χ2v) is 15.4. The predicted molar refractivity (Wildman–Crippen MR) is 99.8 cm³/mol. The van der Waals surface area contributed by atoms with E-state index < -0.39 is 0 Å². The van der Waals surface area contributed by atoms with E-state index in [9.17, 15) is 0 Å². The van der Waals surface area contributed by atoms with E-state index >= 15 is 0 Å². The molecule has 1 heterocycles. The normalized spacial score (nSPS) is 24.0. The van der Waals surface area contributed by atoms with Gasteiger partial charge in [-0.1, -0.05) is 60.1 Å². The molecule has 0 radical (unpaired) electrons. The maximum atomic E-state index is 2.02. The van der Waals surface area contributed by atoms with E-state index in [1.165, 1.54) is 62.9 Å². The van der Waals surface area contributed by atoms with Gasteiger partial charge in [0, 0.05) is 11.5 Å². The van der Waals surface area contributed by atoms with E-state index in [1.54, 1.807) is 0 Å². The number of hydrogen-bond acceptors (Lipinski definition) is 7. The molecule has 0 spiro atoms. The number of hydrogen-bond donors (Lipinski definition) is 0. The fourth-order valence-corrected chi connectivity index (χ4v) is 16.0. The molecule has 1 saturated heterocycles. The summed E-state index contributed by atoms with van der Waals surface area (Å²) in [7, 11) is 13.7. The molecule has 0 aliphatic carbocycles. The molecule has 7 heteroatoms. The molecule has 1 aliphatic heterocycles. The first-order valence-electron chi connectivity index (χ1n) is 6.08. The average Bonchev–Trinajstić information content (AvgIpc) is 2.35. The molecule has 102 valence electrons. The monoisotopic (exact) mass is 364 g/mol. The molecule has 0 nitrogen and oxygen atoms in total. The lowest BCUT2D eigenvalue weighted by Crippen LogP contribution is -1.83. The molecule has 0 amide bonds. The highest BCUT2D eigenvalue weighted by molar-refractivity contribution is 9.45. The van der Waals surface area contributed by atoms with Gasteiger partial charge in [-0.25, -0.2) is 0 Å². The summed E-state index contributed by atoms with van der Waals surface area (Å²) >= 11 is 0. The molecule has 0 aromatic heterocycles. The van der Waals surface area contributed by atoms with Crippen LogP contribution in [0, 0.1) is 0 Å². The molecule has 1 fully saturated rings. The standard InChI is InChI=1S/C10H20S7/c1-2-4-6-8-10-12-14-16-17-15-13-11-9-7-5-3-1/h1-10H2. The summed E-state index contributed by atoms with van der Waals surface area (Å²) in [4.78, 5) is 0. The lowest BCUT2D eigenvalue weighted by Gasteiger charge is -2.01. The summed E-state index contributed by atoms with van der Waals surface area (Å²) in [6.45, 7) is 0. The Morgan fingerprint density at radius 1 is 0.353 bits per heavy atom.